The molecule has 1 aliphatic heterocycles. The minimum Gasteiger partial charge on any atom is -0.381 e. The van der Waals surface area contributed by atoms with Gasteiger partial charge in [0.15, 0.2) is 0 Å². The topological polar surface area (TPSA) is 15.7 Å². The van der Waals surface area contributed by atoms with Crippen LogP contribution in [0.2, 0.25) is 0 Å². The van der Waals surface area contributed by atoms with Crippen molar-refractivity contribution in [1.82, 2.24) is 9.80 Å². The molecule has 17 heavy (non-hydrogen) atoms. The molecule has 96 valence electrons. The van der Waals surface area contributed by atoms with Crippen molar-refractivity contribution in [2.45, 2.75) is 12.5 Å². The highest BCUT2D eigenvalue weighted by molar-refractivity contribution is 5.37. The summed E-state index contributed by atoms with van der Waals surface area (Å²) in [7, 11) is 8.08. The van der Waals surface area contributed by atoms with E-state index < -0.39 is 0 Å². The van der Waals surface area contributed by atoms with E-state index in [9.17, 15) is 0 Å². The molecule has 0 saturated carbocycles. The van der Waals surface area contributed by atoms with Crippen LogP contribution in [0, 0.1) is 0 Å². The van der Waals surface area contributed by atoms with Crippen LogP contribution in [-0.4, -0.2) is 57.2 Å². The Morgan fingerprint density at radius 2 is 2.24 bits per heavy atom. The zero-order valence-corrected chi connectivity index (χ0v) is 11.4. The van der Waals surface area contributed by atoms with E-state index in [1.54, 1.807) is 7.11 Å². The smallest absolute Gasteiger partial charge is 0.0647 e. The van der Waals surface area contributed by atoms with Crippen molar-refractivity contribution >= 4 is 0 Å². The van der Waals surface area contributed by atoms with E-state index in [-0.39, 0.29) is 0 Å². The van der Waals surface area contributed by atoms with Crippen molar-refractivity contribution < 1.29 is 4.74 Å². The maximum absolute atomic E-state index is 5.05. The molecule has 0 N–H and O–H groups in total. The highest BCUT2D eigenvalue weighted by atomic mass is 16.5. The molecular weight excluding hydrogens is 212 g/mol. The second-order valence-electron chi connectivity index (χ2n) is 4.59. The molecule has 1 unspecified atom stereocenters. The fourth-order valence-corrected chi connectivity index (χ4v) is 2.24. The van der Waals surface area contributed by atoms with Gasteiger partial charge in [0.1, 0.15) is 0 Å². The average molecular weight is 236 g/mol. The first-order valence-electron chi connectivity index (χ1n) is 6.01. The van der Waals surface area contributed by atoms with Crippen LogP contribution in [-0.2, 0) is 4.74 Å². The summed E-state index contributed by atoms with van der Waals surface area (Å²) in [5, 5.41) is 0. The second kappa shape index (κ2) is 6.62. The van der Waals surface area contributed by atoms with Crippen LogP contribution in [0.15, 0.2) is 36.1 Å². The minimum atomic E-state index is 0.464. The predicted molar refractivity (Wildman–Crippen MR) is 73.0 cm³/mol. The van der Waals surface area contributed by atoms with E-state index in [0.29, 0.717) is 12.6 Å². The number of likely N-dealkylation sites (N-methyl/N-ethyl adjacent to an activating group) is 2. The molecule has 0 aliphatic carbocycles. The highest BCUT2D eigenvalue weighted by Gasteiger charge is 2.24. The number of hydrogen-bond acceptors (Lipinski definition) is 3. The summed E-state index contributed by atoms with van der Waals surface area (Å²) < 4.78 is 5.05. The summed E-state index contributed by atoms with van der Waals surface area (Å²) >= 11 is 0. The number of nitrogens with zero attached hydrogens (tertiary/aromatic N) is 2. The molecular formula is C14H24N2O. The summed E-state index contributed by atoms with van der Waals surface area (Å²) in [5.41, 5.74) is 2.55. The maximum Gasteiger partial charge on any atom is 0.0647 e. The average Bonchev–Trinajstić information content (AvgIpc) is 2.30. The molecule has 0 bridgehead atoms. The molecule has 0 radical (unpaired) electrons. The quantitative estimate of drug-likeness (QED) is 0.725. The van der Waals surface area contributed by atoms with Gasteiger partial charge in [0, 0.05) is 32.4 Å². The van der Waals surface area contributed by atoms with Crippen molar-refractivity contribution in [2.75, 3.05) is 41.4 Å². The summed E-state index contributed by atoms with van der Waals surface area (Å²) in [6.07, 6.45) is 7.31. The van der Waals surface area contributed by atoms with Gasteiger partial charge >= 0.3 is 0 Å². The number of rotatable bonds is 5. The first kappa shape index (κ1) is 14.0. The first-order valence-corrected chi connectivity index (χ1v) is 6.01. The fraction of sp³-hybridized carbons (Fsp3) is 0.571. The lowest BCUT2D eigenvalue weighted by Gasteiger charge is -2.36. The molecule has 0 spiro atoms. The Balaban J connectivity index is 3.00. The number of ether oxygens (including phenoxy) is 1. The van der Waals surface area contributed by atoms with E-state index in [4.69, 9.17) is 4.74 Å². The zero-order valence-electron chi connectivity index (χ0n) is 11.4. The van der Waals surface area contributed by atoms with Gasteiger partial charge in [-0.25, -0.2) is 0 Å². The Morgan fingerprint density at radius 1 is 1.53 bits per heavy atom. The van der Waals surface area contributed by atoms with Crippen LogP contribution >= 0.6 is 0 Å². The Labute approximate surface area is 105 Å². The number of methoxy groups -OCH3 is 1. The zero-order chi connectivity index (χ0) is 12.8. The van der Waals surface area contributed by atoms with Gasteiger partial charge in [-0.3, -0.25) is 0 Å². The van der Waals surface area contributed by atoms with Gasteiger partial charge in [0.25, 0.3) is 0 Å². The van der Waals surface area contributed by atoms with Gasteiger partial charge in [-0.1, -0.05) is 18.7 Å². The Morgan fingerprint density at radius 3 is 2.76 bits per heavy atom. The lowest BCUT2D eigenvalue weighted by molar-refractivity contribution is 0.233. The van der Waals surface area contributed by atoms with Crippen LogP contribution in [0.1, 0.15) is 6.42 Å². The van der Waals surface area contributed by atoms with E-state index in [2.05, 4.69) is 43.6 Å². The van der Waals surface area contributed by atoms with Gasteiger partial charge in [0.05, 0.1) is 6.61 Å². The Hall–Kier alpha value is -1.06. The van der Waals surface area contributed by atoms with Gasteiger partial charge in [-0.15, -0.1) is 0 Å². The SMILES string of the molecule is C=CC1=C(/C=C\COC)N(C)CCC1N(C)C. The van der Waals surface area contributed by atoms with E-state index in [1.807, 2.05) is 12.2 Å². The Bertz CT molecular complexity index is 318. The standard InChI is InChI=1S/C14H24N2O/c1-6-12-13(15(2)3)9-10-16(4)14(12)8-7-11-17-5/h6-8,13H,1,9-11H2,2-5H3/b8-7-. The van der Waals surface area contributed by atoms with Crippen molar-refractivity contribution in [3.05, 3.63) is 36.1 Å². The lowest BCUT2D eigenvalue weighted by atomic mass is 9.95. The minimum absolute atomic E-state index is 0.464. The van der Waals surface area contributed by atoms with E-state index in [1.165, 1.54) is 11.3 Å². The largest absolute Gasteiger partial charge is 0.381 e. The molecule has 1 aliphatic rings. The van der Waals surface area contributed by atoms with Crippen molar-refractivity contribution in [3.63, 3.8) is 0 Å². The second-order valence-corrected chi connectivity index (χ2v) is 4.59. The molecule has 0 aromatic carbocycles. The van der Waals surface area contributed by atoms with Gasteiger partial charge in [0.2, 0.25) is 0 Å². The number of allylic oxidation sites excluding steroid dienone is 1. The molecule has 3 heteroatoms. The molecule has 0 aromatic heterocycles. The van der Waals surface area contributed by atoms with Crippen LogP contribution in [0.3, 0.4) is 0 Å². The summed E-state index contributed by atoms with van der Waals surface area (Å²) in [6.45, 7) is 5.68. The predicted octanol–water partition coefficient (Wildman–Crippen LogP) is 1.89. The fourth-order valence-electron chi connectivity index (χ4n) is 2.24. The highest BCUT2D eigenvalue weighted by Crippen LogP contribution is 2.25. The molecule has 0 fully saturated rings. The normalized spacial score (nSPS) is 21.7. The summed E-state index contributed by atoms with van der Waals surface area (Å²) in [6, 6.07) is 0.464. The van der Waals surface area contributed by atoms with Crippen LogP contribution in [0.5, 0.6) is 0 Å². The third kappa shape index (κ3) is 3.45. The summed E-state index contributed by atoms with van der Waals surface area (Å²) in [4.78, 5) is 4.54. The monoisotopic (exact) mass is 236 g/mol. The molecule has 3 nitrogen and oxygen atoms in total. The van der Waals surface area contributed by atoms with Crippen molar-refractivity contribution in [2.24, 2.45) is 0 Å². The first-order chi connectivity index (χ1) is 8.11. The van der Waals surface area contributed by atoms with Gasteiger partial charge in [-0.2, -0.15) is 0 Å². The van der Waals surface area contributed by atoms with E-state index >= 15 is 0 Å². The molecule has 1 atom stereocenters. The van der Waals surface area contributed by atoms with Crippen LogP contribution in [0.4, 0.5) is 0 Å². The van der Waals surface area contributed by atoms with Gasteiger partial charge < -0.3 is 14.5 Å². The number of hydrogen-bond donors (Lipinski definition) is 0. The Kier molecular flexibility index (Phi) is 5.45. The van der Waals surface area contributed by atoms with Gasteiger partial charge in [-0.05, 0) is 32.2 Å². The van der Waals surface area contributed by atoms with Crippen LogP contribution in [0.25, 0.3) is 0 Å². The lowest BCUT2D eigenvalue weighted by Crippen LogP contribution is -2.39. The molecule has 0 aromatic rings. The molecule has 1 heterocycles. The van der Waals surface area contributed by atoms with Crippen molar-refractivity contribution in [3.8, 4) is 0 Å². The molecule has 0 saturated heterocycles. The third-order valence-corrected chi connectivity index (χ3v) is 3.19. The van der Waals surface area contributed by atoms with E-state index in [0.717, 1.165) is 13.0 Å². The molecule has 0 amide bonds. The summed E-state index contributed by atoms with van der Waals surface area (Å²) in [5.74, 6) is 0. The molecule has 1 rings (SSSR count). The van der Waals surface area contributed by atoms with Crippen molar-refractivity contribution in [1.29, 1.82) is 0 Å². The maximum atomic E-state index is 5.05. The third-order valence-electron chi connectivity index (χ3n) is 3.19. The van der Waals surface area contributed by atoms with Crippen LogP contribution < -0.4 is 0 Å².